The van der Waals surface area contributed by atoms with Crippen molar-refractivity contribution in [3.8, 4) is 5.75 Å². The molecule has 1 unspecified atom stereocenters. The lowest BCUT2D eigenvalue weighted by Gasteiger charge is -2.16. The predicted octanol–water partition coefficient (Wildman–Crippen LogP) is 1.12. The molecule has 1 aromatic carbocycles. The Morgan fingerprint density at radius 3 is 2.81 bits per heavy atom. The highest BCUT2D eigenvalue weighted by Crippen LogP contribution is 2.27. The Balaban J connectivity index is 2.41. The van der Waals surface area contributed by atoms with Crippen LogP contribution in [-0.4, -0.2) is 29.3 Å². The molecule has 2 N–H and O–H groups in total. The maximum Gasteiger partial charge on any atom is 0.146 e. The molecule has 0 aliphatic carbocycles. The number of hydrogen-bond donors (Lipinski definition) is 2. The van der Waals surface area contributed by atoms with Gasteiger partial charge in [0.2, 0.25) is 0 Å². The number of ether oxygens (including phenoxy) is 1. The Hall–Kier alpha value is -1.88. The van der Waals surface area contributed by atoms with Crippen LogP contribution in [0.3, 0.4) is 0 Å². The van der Waals surface area contributed by atoms with E-state index in [2.05, 4.69) is 20.5 Å². The fraction of sp³-hybridized carbons (Fsp3) is 0.273. The number of aromatic nitrogens is 3. The second kappa shape index (κ2) is 4.76. The Labute approximate surface area is 93.9 Å². The molecule has 2 rings (SSSR count). The first-order valence-corrected chi connectivity index (χ1v) is 5.02. The van der Waals surface area contributed by atoms with Crippen molar-refractivity contribution in [1.82, 2.24) is 20.5 Å². The molecule has 84 valence electrons. The van der Waals surface area contributed by atoms with Crippen LogP contribution in [0.5, 0.6) is 5.75 Å². The number of nitrogens with zero attached hydrogens (tertiary/aromatic N) is 2. The number of hydrogen-bond acceptors (Lipinski definition) is 4. The monoisotopic (exact) mass is 218 g/mol. The third-order valence-electron chi connectivity index (χ3n) is 2.45. The van der Waals surface area contributed by atoms with Gasteiger partial charge in [0.25, 0.3) is 0 Å². The average molecular weight is 218 g/mol. The molecule has 1 atom stereocenters. The van der Waals surface area contributed by atoms with E-state index in [1.165, 1.54) is 6.33 Å². The SMILES string of the molecule is CNC(c1ncn[nH]1)c1ccccc1OC. The van der Waals surface area contributed by atoms with Crippen LogP contribution in [-0.2, 0) is 0 Å². The Kier molecular flexibility index (Phi) is 3.16. The van der Waals surface area contributed by atoms with Crippen molar-refractivity contribution in [2.24, 2.45) is 0 Å². The van der Waals surface area contributed by atoms with Crippen LogP contribution in [0.25, 0.3) is 0 Å². The molecule has 5 nitrogen and oxygen atoms in total. The van der Waals surface area contributed by atoms with Crippen LogP contribution in [0.4, 0.5) is 0 Å². The molecule has 2 aromatic rings. The Morgan fingerprint density at radius 1 is 1.38 bits per heavy atom. The van der Waals surface area contributed by atoms with Gasteiger partial charge in [0.15, 0.2) is 0 Å². The van der Waals surface area contributed by atoms with Crippen molar-refractivity contribution < 1.29 is 4.74 Å². The molecule has 16 heavy (non-hydrogen) atoms. The molecule has 0 aliphatic heterocycles. The van der Waals surface area contributed by atoms with Crippen LogP contribution in [0, 0.1) is 0 Å². The molecule has 5 heteroatoms. The first kappa shape index (κ1) is 10.6. The standard InChI is InChI=1S/C11H14N4O/c1-12-10(11-13-7-14-15-11)8-5-3-4-6-9(8)16-2/h3-7,10,12H,1-2H3,(H,13,14,15). The summed E-state index contributed by atoms with van der Waals surface area (Å²) >= 11 is 0. The number of H-pyrrole nitrogens is 1. The van der Waals surface area contributed by atoms with Gasteiger partial charge < -0.3 is 10.1 Å². The van der Waals surface area contributed by atoms with E-state index in [4.69, 9.17) is 4.74 Å². The molecule has 0 radical (unpaired) electrons. The van der Waals surface area contributed by atoms with Gasteiger partial charge in [0.05, 0.1) is 13.2 Å². The molecule has 0 spiro atoms. The third-order valence-corrected chi connectivity index (χ3v) is 2.45. The Morgan fingerprint density at radius 2 is 2.19 bits per heavy atom. The van der Waals surface area contributed by atoms with Gasteiger partial charge in [-0.25, -0.2) is 4.98 Å². The predicted molar refractivity (Wildman–Crippen MR) is 60.3 cm³/mol. The van der Waals surface area contributed by atoms with Crippen LogP contribution < -0.4 is 10.1 Å². The van der Waals surface area contributed by atoms with E-state index in [0.717, 1.165) is 17.1 Å². The van der Waals surface area contributed by atoms with Crippen LogP contribution >= 0.6 is 0 Å². The summed E-state index contributed by atoms with van der Waals surface area (Å²) < 4.78 is 5.32. The van der Waals surface area contributed by atoms with Gasteiger partial charge in [-0.1, -0.05) is 18.2 Å². The van der Waals surface area contributed by atoms with Crippen molar-refractivity contribution in [2.45, 2.75) is 6.04 Å². The van der Waals surface area contributed by atoms with E-state index in [9.17, 15) is 0 Å². The van der Waals surface area contributed by atoms with Crippen molar-refractivity contribution in [3.05, 3.63) is 42.0 Å². The second-order valence-corrected chi connectivity index (χ2v) is 3.33. The van der Waals surface area contributed by atoms with Gasteiger partial charge in [-0.3, -0.25) is 5.10 Å². The summed E-state index contributed by atoms with van der Waals surface area (Å²) in [7, 11) is 3.53. The van der Waals surface area contributed by atoms with Gasteiger partial charge in [0, 0.05) is 5.56 Å². The molecule has 0 saturated heterocycles. The van der Waals surface area contributed by atoms with Gasteiger partial charge in [-0.05, 0) is 13.1 Å². The largest absolute Gasteiger partial charge is 0.496 e. The zero-order valence-electron chi connectivity index (χ0n) is 9.27. The van der Waals surface area contributed by atoms with E-state index >= 15 is 0 Å². The highest BCUT2D eigenvalue weighted by Gasteiger charge is 2.18. The quantitative estimate of drug-likeness (QED) is 0.807. The minimum absolute atomic E-state index is 0.0429. The fourth-order valence-electron chi connectivity index (χ4n) is 1.70. The van der Waals surface area contributed by atoms with E-state index in [1.54, 1.807) is 7.11 Å². The minimum Gasteiger partial charge on any atom is -0.496 e. The molecule has 1 aromatic heterocycles. The van der Waals surface area contributed by atoms with Crippen molar-refractivity contribution in [3.63, 3.8) is 0 Å². The molecule has 0 aliphatic rings. The van der Waals surface area contributed by atoms with Gasteiger partial charge in [-0.2, -0.15) is 5.10 Å². The Bertz CT molecular complexity index is 441. The molecule has 0 amide bonds. The van der Waals surface area contributed by atoms with Crippen LogP contribution in [0.1, 0.15) is 17.4 Å². The van der Waals surface area contributed by atoms with E-state index < -0.39 is 0 Å². The summed E-state index contributed by atoms with van der Waals surface area (Å²) in [5, 5.41) is 9.90. The first-order chi connectivity index (χ1) is 7.86. The number of rotatable bonds is 4. The second-order valence-electron chi connectivity index (χ2n) is 3.33. The van der Waals surface area contributed by atoms with Crippen molar-refractivity contribution in [2.75, 3.05) is 14.2 Å². The summed E-state index contributed by atoms with van der Waals surface area (Å²) in [5.41, 5.74) is 1.03. The molecule has 1 heterocycles. The molecular weight excluding hydrogens is 204 g/mol. The summed E-state index contributed by atoms with van der Waals surface area (Å²) in [6.45, 7) is 0. The maximum atomic E-state index is 5.32. The third kappa shape index (κ3) is 1.90. The van der Waals surface area contributed by atoms with E-state index in [0.29, 0.717) is 0 Å². The van der Waals surface area contributed by atoms with Gasteiger partial charge in [-0.15, -0.1) is 0 Å². The lowest BCUT2D eigenvalue weighted by Crippen LogP contribution is -2.19. The number of nitrogens with one attached hydrogen (secondary N) is 2. The number of benzene rings is 1. The zero-order valence-corrected chi connectivity index (χ0v) is 9.27. The summed E-state index contributed by atoms with van der Waals surface area (Å²) in [5.74, 6) is 1.60. The lowest BCUT2D eigenvalue weighted by atomic mass is 10.1. The number of para-hydroxylation sites is 1. The highest BCUT2D eigenvalue weighted by molar-refractivity contribution is 5.38. The first-order valence-electron chi connectivity index (χ1n) is 5.02. The summed E-state index contributed by atoms with van der Waals surface area (Å²) in [6.07, 6.45) is 1.50. The van der Waals surface area contributed by atoms with Gasteiger partial charge in [0.1, 0.15) is 17.9 Å². The van der Waals surface area contributed by atoms with E-state index in [1.807, 2.05) is 31.3 Å². The molecular formula is C11H14N4O. The molecule has 0 fully saturated rings. The summed E-state index contributed by atoms with van der Waals surface area (Å²) in [6, 6.07) is 7.80. The van der Waals surface area contributed by atoms with E-state index in [-0.39, 0.29) is 6.04 Å². The number of methoxy groups -OCH3 is 1. The van der Waals surface area contributed by atoms with Crippen LogP contribution in [0.15, 0.2) is 30.6 Å². The normalized spacial score (nSPS) is 12.4. The zero-order chi connectivity index (χ0) is 11.4. The molecule has 0 saturated carbocycles. The van der Waals surface area contributed by atoms with Crippen molar-refractivity contribution >= 4 is 0 Å². The smallest absolute Gasteiger partial charge is 0.146 e. The topological polar surface area (TPSA) is 62.8 Å². The van der Waals surface area contributed by atoms with Crippen LogP contribution in [0.2, 0.25) is 0 Å². The van der Waals surface area contributed by atoms with Gasteiger partial charge >= 0.3 is 0 Å². The number of aromatic amines is 1. The molecule has 0 bridgehead atoms. The fourth-order valence-corrected chi connectivity index (χ4v) is 1.70. The maximum absolute atomic E-state index is 5.32. The van der Waals surface area contributed by atoms with Crippen molar-refractivity contribution in [1.29, 1.82) is 0 Å². The summed E-state index contributed by atoms with van der Waals surface area (Å²) in [4.78, 5) is 4.15. The minimum atomic E-state index is -0.0429. The average Bonchev–Trinajstić information content (AvgIpc) is 2.84. The lowest BCUT2D eigenvalue weighted by molar-refractivity contribution is 0.404. The highest BCUT2D eigenvalue weighted by atomic mass is 16.5.